The summed E-state index contributed by atoms with van der Waals surface area (Å²) < 4.78 is 1.56. The molecule has 0 saturated carbocycles. The largest absolute Gasteiger partial charge is 2.00 e. The number of carbonyl (C=O) groups excluding carboxylic acids is 3. The van der Waals surface area contributed by atoms with Crippen LogP contribution in [-0.2, 0) is 45.2 Å². The Morgan fingerprint density at radius 2 is 1.07 bits per heavy atom. The second-order valence-electron chi connectivity index (χ2n) is 4.54. The van der Waals surface area contributed by atoms with Crippen molar-refractivity contribution in [2.75, 3.05) is 0 Å². The Morgan fingerprint density at radius 3 is 1.39 bits per heavy atom. The molecule has 0 aliphatic carbocycles. The molecule has 0 atom stereocenters. The van der Waals surface area contributed by atoms with Crippen molar-refractivity contribution in [3.8, 4) is 0 Å². The summed E-state index contributed by atoms with van der Waals surface area (Å²) >= 11 is 0. The summed E-state index contributed by atoms with van der Waals surface area (Å²) in [4.78, 5) is 32.4. The van der Waals surface area contributed by atoms with Crippen LogP contribution in [0.3, 0.4) is 0 Å². The molecule has 12 nitrogen and oxygen atoms in total. The Hall–Kier alpha value is -2.91. The third-order valence-electron chi connectivity index (χ3n) is 2.96. The molecule has 0 aliphatic heterocycles. The van der Waals surface area contributed by atoms with E-state index in [0.29, 0.717) is 5.56 Å². The van der Waals surface area contributed by atoms with Crippen LogP contribution in [-0.4, -0.2) is 23.4 Å². The van der Waals surface area contributed by atoms with Crippen molar-refractivity contribution in [2.45, 2.75) is 6.54 Å². The first-order valence-electron chi connectivity index (χ1n) is 6.14. The summed E-state index contributed by atoms with van der Waals surface area (Å²) in [5.74, 6) is -4.31. The molecule has 1 radical (unpaired) electrons. The predicted molar refractivity (Wildman–Crippen MR) is 88.3 cm³/mol. The van der Waals surface area contributed by atoms with Gasteiger partial charge in [0.05, 0.1) is 17.9 Å². The van der Waals surface area contributed by atoms with Gasteiger partial charge in [-0.15, -0.1) is 0 Å². The Balaban J connectivity index is -0.000000294. The monoisotopic (exact) mass is 452 g/mol. The molecule has 28 heavy (non-hydrogen) atoms. The Bertz CT molecular complexity index is 733. The van der Waals surface area contributed by atoms with Crippen molar-refractivity contribution in [3.63, 3.8) is 0 Å². The summed E-state index contributed by atoms with van der Waals surface area (Å²) in [5, 5.41) is 32.4. The minimum absolute atomic E-state index is 0. The van der Waals surface area contributed by atoms with Crippen LogP contribution in [0.5, 0.6) is 0 Å². The first-order valence-corrected chi connectivity index (χ1v) is 6.14. The van der Waals surface area contributed by atoms with Crippen LogP contribution in [0.4, 0.5) is 0 Å². The van der Waals surface area contributed by atoms with E-state index in [1.807, 2.05) is 0 Å². The molecule has 0 aliphatic rings. The van der Waals surface area contributed by atoms with E-state index < -0.39 is 17.9 Å². The number of aromatic carboxylic acids is 3. The maximum Gasteiger partial charge on any atom is 2.00 e. The molecule has 0 unspecified atom stereocenters. The van der Waals surface area contributed by atoms with Crippen LogP contribution in [0.2, 0.25) is 0 Å². The van der Waals surface area contributed by atoms with Gasteiger partial charge in [-0.3, -0.25) is 0 Å². The van der Waals surface area contributed by atoms with Gasteiger partial charge in [0, 0.05) is 23.3 Å². The first-order chi connectivity index (χ1) is 10.4. The van der Waals surface area contributed by atoms with E-state index >= 15 is 0 Å². The standard InChI is InChI=1S/C15H11NO6.Co.5H2O/c17-13(18)10-1-3-16(4-2-10)8-9-5-11(14(19)20)7-12(6-9)15(21)22;;;;;;/h1-7H,8H2,(H2-,17,18,19,20,21,22);;5*1H2/q;+2;;;;;/p+2. The van der Waals surface area contributed by atoms with Gasteiger partial charge in [-0.05, 0) is 29.3 Å². The van der Waals surface area contributed by atoms with Crippen molar-refractivity contribution in [1.82, 2.24) is 0 Å². The maximum absolute atomic E-state index is 10.9. The van der Waals surface area contributed by atoms with Crippen LogP contribution in [0.25, 0.3) is 0 Å². The normalized spacial score (nSPS) is 8.00. The predicted octanol–water partition coefficient (Wildman–Crippen LogP) is -7.40. The van der Waals surface area contributed by atoms with Crippen molar-refractivity contribution >= 4 is 17.9 Å². The zero-order valence-electron chi connectivity index (χ0n) is 14.3. The number of carboxylic acid groups (broad SMARTS) is 3. The number of pyridine rings is 1. The molecular formula is C15H23CoNO11+4. The zero-order valence-corrected chi connectivity index (χ0v) is 15.3. The molecule has 2 rings (SSSR count). The van der Waals surface area contributed by atoms with E-state index in [-0.39, 0.29) is 67.4 Å². The van der Waals surface area contributed by atoms with Gasteiger partial charge in [0.25, 0.3) is 0 Å². The molecule has 1 heterocycles. The molecular weight excluding hydrogens is 429 g/mol. The summed E-state index contributed by atoms with van der Waals surface area (Å²) in [6, 6.07) is 6.15. The first kappa shape index (κ1) is 36.1. The number of hydrogen-bond donors (Lipinski definition) is 0. The van der Waals surface area contributed by atoms with Crippen molar-refractivity contribution < 1.29 is 78.4 Å². The number of rotatable bonds is 5. The molecule has 2 aromatic rings. The average molecular weight is 452 g/mol. The van der Waals surface area contributed by atoms with Gasteiger partial charge in [0.2, 0.25) is 0 Å². The maximum atomic E-state index is 10.9. The Morgan fingerprint density at radius 1 is 0.714 bits per heavy atom. The van der Waals surface area contributed by atoms with E-state index in [9.17, 15) is 29.7 Å². The number of nitrogens with zero attached hydrogens (tertiary/aromatic N) is 1. The molecule has 0 amide bonds. The molecule has 1 aromatic carbocycles. The minimum Gasteiger partial charge on any atom is -0.545 e. The van der Waals surface area contributed by atoms with E-state index in [0.717, 1.165) is 6.07 Å². The quantitative estimate of drug-likeness (QED) is 0.313. The number of aromatic nitrogens is 1. The Labute approximate surface area is 168 Å². The number of carboxylic acids is 3. The topological polar surface area (TPSA) is 288 Å². The summed E-state index contributed by atoms with van der Waals surface area (Å²) in [5.41, 5.74) is -0.158. The van der Waals surface area contributed by atoms with Crippen LogP contribution in [0, 0.1) is 0 Å². The van der Waals surface area contributed by atoms with Gasteiger partial charge in [-0.2, -0.15) is 0 Å². The third kappa shape index (κ3) is 9.15. The van der Waals surface area contributed by atoms with Crippen LogP contribution in [0.15, 0.2) is 42.7 Å². The fourth-order valence-corrected chi connectivity index (χ4v) is 1.93. The number of carbonyl (C=O) groups is 3. The summed E-state index contributed by atoms with van der Waals surface area (Å²) in [7, 11) is 0. The van der Waals surface area contributed by atoms with Gasteiger partial charge >= 0.3 is 16.8 Å². The SMILES string of the molecule is O.O=C([O-])c1cc[n+](Cc2cc(C(=O)[O-])cc(C(=O)[O-])c2)cc1.[Co+2].[OH3+].[OH3+].[OH3+].[OH3+]. The second kappa shape index (κ2) is 15.2. The zero-order chi connectivity index (χ0) is 16.3. The van der Waals surface area contributed by atoms with Crippen LogP contribution in [0.1, 0.15) is 36.6 Å². The summed E-state index contributed by atoms with van der Waals surface area (Å²) in [6.45, 7) is 0.148. The van der Waals surface area contributed by atoms with E-state index in [4.69, 9.17) is 0 Å². The van der Waals surface area contributed by atoms with Gasteiger partial charge in [-0.1, -0.05) is 0 Å². The van der Waals surface area contributed by atoms with Crippen LogP contribution >= 0.6 is 0 Å². The number of benzene rings is 1. The van der Waals surface area contributed by atoms with Crippen molar-refractivity contribution in [1.29, 1.82) is 0 Å². The Kier molecular flexibility index (Phi) is 19.5. The molecule has 14 N–H and O–H groups in total. The molecule has 0 saturated heterocycles. The average Bonchev–Trinajstić information content (AvgIpc) is 2.47. The van der Waals surface area contributed by atoms with Crippen molar-refractivity contribution in [2.24, 2.45) is 0 Å². The van der Waals surface area contributed by atoms with Crippen molar-refractivity contribution in [3.05, 3.63) is 65.0 Å². The van der Waals surface area contributed by atoms with E-state index in [1.54, 1.807) is 4.57 Å². The molecule has 159 valence electrons. The van der Waals surface area contributed by atoms with Gasteiger partial charge < -0.3 is 57.1 Å². The minimum atomic E-state index is -1.50. The van der Waals surface area contributed by atoms with Gasteiger partial charge in [0.15, 0.2) is 18.9 Å². The molecule has 13 heteroatoms. The smallest absolute Gasteiger partial charge is 0.545 e. The second-order valence-corrected chi connectivity index (χ2v) is 4.54. The van der Waals surface area contributed by atoms with E-state index in [1.165, 1.54) is 36.7 Å². The fraction of sp³-hybridized carbons (Fsp3) is 0.0667. The fourth-order valence-electron chi connectivity index (χ4n) is 1.93. The van der Waals surface area contributed by atoms with E-state index in [2.05, 4.69) is 0 Å². The van der Waals surface area contributed by atoms with Gasteiger partial charge in [0.1, 0.15) is 0 Å². The number of hydrogen-bond acceptors (Lipinski definition) is 6. The van der Waals surface area contributed by atoms with Crippen LogP contribution < -0.4 is 19.9 Å². The molecule has 0 spiro atoms. The molecule has 1 aromatic heterocycles. The molecule has 0 bridgehead atoms. The van der Waals surface area contributed by atoms with Gasteiger partial charge in [-0.25, -0.2) is 4.57 Å². The summed E-state index contributed by atoms with van der Waals surface area (Å²) in [6.07, 6.45) is 2.91. The molecule has 0 fully saturated rings. The third-order valence-corrected chi connectivity index (χ3v) is 2.96.